The first-order valence-corrected chi connectivity index (χ1v) is 9.06. The van der Waals surface area contributed by atoms with Crippen LogP contribution in [0.3, 0.4) is 0 Å². The van der Waals surface area contributed by atoms with E-state index in [2.05, 4.69) is 4.98 Å². The molecule has 6 nitrogen and oxygen atoms in total. The van der Waals surface area contributed by atoms with Gasteiger partial charge in [-0.2, -0.15) is 13.2 Å². The van der Waals surface area contributed by atoms with Gasteiger partial charge in [0, 0.05) is 25.2 Å². The largest absolute Gasteiger partial charge is 0.444 e. The fraction of sp³-hybridized carbons (Fsp3) is 0.632. The summed E-state index contributed by atoms with van der Waals surface area (Å²) >= 11 is 0. The Morgan fingerprint density at radius 1 is 1.11 bits per heavy atom. The van der Waals surface area contributed by atoms with Gasteiger partial charge in [0.25, 0.3) is 5.91 Å². The molecule has 0 spiro atoms. The predicted molar refractivity (Wildman–Crippen MR) is 96.9 cm³/mol. The van der Waals surface area contributed by atoms with Gasteiger partial charge in [0.1, 0.15) is 11.3 Å². The standard InChI is InChI=1S/C19H26F3N3O3/c1-11-9-24(17(27)28-18(4,5)6)10-12(2)25(11)16(26)14-7-8-15(19(20,21)22)23-13(14)3/h7-8,11-12H,9-10H2,1-6H3. The number of amides is 2. The van der Waals surface area contributed by atoms with Crippen molar-refractivity contribution in [2.75, 3.05) is 13.1 Å². The molecule has 0 aliphatic carbocycles. The summed E-state index contributed by atoms with van der Waals surface area (Å²) < 4.78 is 43.8. The van der Waals surface area contributed by atoms with Crippen LogP contribution in [-0.2, 0) is 10.9 Å². The Bertz CT molecular complexity index is 747. The summed E-state index contributed by atoms with van der Waals surface area (Å²) in [5.41, 5.74) is -1.51. The Morgan fingerprint density at radius 3 is 2.07 bits per heavy atom. The van der Waals surface area contributed by atoms with E-state index >= 15 is 0 Å². The van der Waals surface area contributed by atoms with Gasteiger partial charge in [0.2, 0.25) is 0 Å². The maximum absolute atomic E-state index is 13.0. The Hall–Kier alpha value is -2.32. The molecule has 1 aromatic rings. The van der Waals surface area contributed by atoms with Crippen molar-refractivity contribution in [2.45, 2.75) is 65.4 Å². The first-order chi connectivity index (χ1) is 12.7. The number of aryl methyl sites for hydroxylation is 1. The normalized spacial score (nSPS) is 20.9. The van der Waals surface area contributed by atoms with E-state index in [4.69, 9.17) is 4.74 Å². The predicted octanol–water partition coefficient (Wildman–Crippen LogP) is 3.88. The van der Waals surface area contributed by atoms with E-state index in [1.807, 2.05) is 0 Å². The second-order valence-corrected chi connectivity index (χ2v) is 8.12. The summed E-state index contributed by atoms with van der Waals surface area (Å²) in [4.78, 5) is 32.0. The highest BCUT2D eigenvalue weighted by molar-refractivity contribution is 5.95. The monoisotopic (exact) mass is 401 g/mol. The van der Waals surface area contributed by atoms with E-state index < -0.39 is 29.5 Å². The smallest absolute Gasteiger partial charge is 0.433 e. The van der Waals surface area contributed by atoms with E-state index in [-0.39, 0.29) is 36.4 Å². The minimum absolute atomic E-state index is 0.0220. The number of halogens is 3. The molecule has 1 aliphatic rings. The zero-order chi connectivity index (χ0) is 21.4. The molecule has 0 N–H and O–H groups in total. The molecule has 28 heavy (non-hydrogen) atoms. The van der Waals surface area contributed by atoms with Crippen LogP contribution < -0.4 is 0 Å². The molecule has 2 amide bonds. The Morgan fingerprint density at radius 2 is 1.64 bits per heavy atom. The number of alkyl halides is 3. The van der Waals surface area contributed by atoms with Crippen LogP contribution in [0.2, 0.25) is 0 Å². The molecule has 1 aliphatic heterocycles. The van der Waals surface area contributed by atoms with E-state index in [0.29, 0.717) is 0 Å². The van der Waals surface area contributed by atoms with Crippen molar-refractivity contribution in [1.29, 1.82) is 0 Å². The minimum atomic E-state index is -4.56. The number of carbonyl (C=O) groups excluding carboxylic acids is 2. The lowest BCUT2D eigenvalue weighted by atomic mass is 10.0. The summed E-state index contributed by atoms with van der Waals surface area (Å²) in [6.45, 7) is 10.8. The molecule has 2 unspecified atom stereocenters. The SMILES string of the molecule is Cc1nc(C(F)(F)F)ccc1C(=O)N1C(C)CN(C(=O)OC(C)(C)C)CC1C. The number of hydrogen-bond acceptors (Lipinski definition) is 4. The average molecular weight is 401 g/mol. The number of rotatable bonds is 1. The van der Waals surface area contributed by atoms with Gasteiger partial charge in [-0.25, -0.2) is 9.78 Å². The van der Waals surface area contributed by atoms with Crippen molar-refractivity contribution in [3.05, 3.63) is 29.1 Å². The van der Waals surface area contributed by atoms with Crippen molar-refractivity contribution in [1.82, 2.24) is 14.8 Å². The molecule has 0 bridgehead atoms. The molecule has 1 fully saturated rings. The van der Waals surface area contributed by atoms with E-state index in [0.717, 1.165) is 12.1 Å². The minimum Gasteiger partial charge on any atom is -0.444 e. The summed E-state index contributed by atoms with van der Waals surface area (Å²) in [5, 5.41) is 0. The Balaban J connectivity index is 2.18. The number of pyridine rings is 1. The van der Waals surface area contributed by atoms with Crippen LogP contribution in [0, 0.1) is 6.92 Å². The highest BCUT2D eigenvalue weighted by Crippen LogP contribution is 2.29. The van der Waals surface area contributed by atoms with Gasteiger partial charge < -0.3 is 14.5 Å². The molecule has 9 heteroatoms. The molecule has 2 rings (SSSR count). The van der Waals surface area contributed by atoms with Gasteiger partial charge in [-0.1, -0.05) is 0 Å². The van der Waals surface area contributed by atoms with Crippen LogP contribution in [0.15, 0.2) is 12.1 Å². The zero-order valence-corrected chi connectivity index (χ0v) is 16.9. The highest BCUT2D eigenvalue weighted by atomic mass is 19.4. The van der Waals surface area contributed by atoms with Gasteiger partial charge in [0.05, 0.1) is 11.3 Å². The number of hydrogen-bond donors (Lipinski definition) is 0. The van der Waals surface area contributed by atoms with E-state index in [9.17, 15) is 22.8 Å². The summed E-state index contributed by atoms with van der Waals surface area (Å²) in [5.74, 6) is -0.400. The van der Waals surface area contributed by atoms with E-state index in [1.165, 1.54) is 6.92 Å². The average Bonchev–Trinajstić information content (AvgIpc) is 2.51. The summed E-state index contributed by atoms with van der Waals surface area (Å²) in [6, 6.07) is 1.32. The fourth-order valence-electron chi connectivity index (χ4n) is 3.28. The lowest BCUT2D eigenvalue weighted by molar-refractivity contribution is -0.141. The Labute approximate surface area is 162 Å². The van der Waals surface area contributed by atoms with Gasteiger partial charge >= 0.3 is 12.3 Å². The molecule has 2 atom stereocenters. The topological polar surface area (TPSA) is 62.7 Å². The van der Waals surface area contributed by atoms with Crippen LogP contribution >= 0.6 is 0 Å². The van der Waals surface area contributed by atoms with Crippen molar-refractivity contribution < 1.29 is 27.5 Å². The van der Waals surface area contributed by atoms with Crippen LogP contribution in [-0.4, -0.2) is 57.6 Å². The van der Waals surface area contributed by atoms with Gasteiger partial charge in [-0.15, -0.1) is 0 Å². The fourth-order valence-corrected chi connectivity index (χ4v) is 3.28. The van der Waals surface area contributed by atoms with Crippen molar-refractivity contribution in [3.63, 3.8) is 0 Å². The van der Waals surface area contributed by atoms with E-state index in [1.54, 1.807) is 44.4 Å². The first kappa shape index (κ1) is 22.0. The van der Waals surface area contributed by atoms with Crippen molar-refractivity contribution >= 4 is 12.0 Å². The van der Waals surface area contributed by atoms with Gasteiger partial charge in [0.15, 0.2) is 0 Å². The highest BCUT2D eigenvalue weighted by Gasteiger charge is 2.38. The molecular formula is C19H26F3N3O3. The first-order valence-electron chi connectivity index (χ1n) is 9.06. The quantitative estimate of drug-likeness (QED) is 0.717. The van der Waals surface area contributed by atoms with Crippen molar-refractivity contribution in [3.8, 4) is 0 Å². The second-order valence-electron chi connectivity index (χ2n) is 8.12. The van der Waals surface area contributed by atoms with Gasteiger partial charge in [-0.05, 0) is 53.7 Å². The molecule has 1 aromatic heterocycles. The summed E-state index contributed by atoms with van der Waals surface area (Å²) in [7, 11) is 0. The number of aromatic nitrogens is 1. The van der Waals surface area contributed by atoms with Crippen LogP contribution in [0.5, 0.6) is 0 Å². The molecule has 1 saturated heterocycles. The van der Waals surface area contributed by atoms with Crippen LogP contribution in [0.25, 0.3) is 0 Å². The number of nitrogens with zero attached hydrogens (tertiary/aromatic N) is 3. The molecule has 0 radical (unpaired) electrons. The maximum Gasteiger partial charge on any atom is 0.433 e. The lowest BCUT2D eigenvalue weighted by Crippen LogP contribution is -2.60. The van der Waals surface area contributed by atoms with Crippen LogP contribution in [0.4, 0.5) is 18.0 Å². The zero-order valence-electron chi connectivity index (χ0n) is 16.9. The molecule has 2 heterocycles. The third-order valence-corrected chi connectivity index (χ3v) is 4.41. The second kappa shape index (κ2) is 7.60. The maximum atomic E-state index is 13.0. The third-order valence-electron chi connectivity index (χ3n) is 4.41. The van der Waals surface area contributed by atoms with Crippen molar-refractivity contribution in [2.24, 2.45) is 0 Å². The number of ether oxygens (including phenoxy) is 1. The third kappa shape index (κ3) is 4.94. The lowest BCUT2D eigenvalue weighted by Gasteiger charge is -2.44. The number of carbonyl (C=O) groups is 2. The molecule has 0 saturated carbocycles. The molecule has 0 aromatic carbocycles. The molecular weight excluding hydrogens is 375 g/mol. The number of piperazine rings is 1. The molecule has 156 valence electrons. The van der Waals surface area contributed by atoms with Gasteiger partial charge in [-0.3, -0.25) is 4.79 Å². The summed E-state index contributed by atoms with van der Waals surface area (Å²) in [6.07, 6.45) is -5.02. The Kier molecular flexibility index (Phi) is 5.96. The van der Waals surface area contributed by atoms with Crippen LogP contribution in [0.1, 0.15) is 56.4 Å².